The van der Waals surface area contributed by atoms with Gasteiger partial charge in [0, 0.05) is 11.6 Å². The first-order chi connectivity index (χ1) is 9.27. The first-order valence-electron chi connectivity index (χ1n) is 6.17. The number of hydrogen-bond donors (Lipinski definition) is 1. The van der Waals surface area contributed by atoms with Crippen LogP contribution in [-0.2, 0) is 9.53 Å². The van der Waals surface area contributed by atoms with Crippen LogP contribution in [0.2, 0.25) is 0 Å². The third-order valence-electron chi connectivity index (χ3n) is 2.87. The van der Waals surface area contributed by atoms with Crippen LogP contribution in [0.15, 0.2) is 24.3 Å². The van der Waals surface area contributed by atoms with Gasteiger partial charge in [0.15, 0.2) is 0 Å². The molecule has 0 aliphatic rings. The van der Waals surface area contributed by atoms with Crippen molar-refractivity contribution in [3.8, 4) is 5.75 Å². The van der Waals surface area contributed by atoms with Crippen LogP contribution in [0.25, 0.3) is 0 Å². The third kappa shape index (κ3) is 4.16. The smallest absolute Gasteiger partial charge is 0.387 e. The van der Waals surface area contributed by atoms with Gasteiger partial charge in [0.25, 0.3) is 0 Å². The molecule has 0 spiro atoms. The number of carbonyl (C=O) groups is 1. The molecule has 0 aliphatic heterocycles. The van der Waals surface area contributed by atoms with Gasteiger partial charge in [-0.25, -0.2) is 0 Å². The van der Waals surface area contributed by atoms with E-state index in [9.17, 15) is 13.6 Å². The van der Waals surface area contributed by atoms with Crippen LogP contribution in [-0.4, -0.2) is 25.2 Å². The Labute approximate surface area is 117 Å². The summed E-state index contributed by atoms with van der Waals surface area (Å²) in [6.45, 7) is 2.19. The van der Waals surface area contributed by atoms with Crippen LogP contribution in [0.3, 0.4) is 0 Å². The minimum absolute atomic E-state index is 0.0863. The molecule has 0 aromatic heterocycles. The average Bonchev–Trinajstić information content (AvgIpc) is 2.37. The molecule has 4 nitrogen and oxygen atoms in total. The number of para-hydroxylation sites is 1. The van der Waals surface area contributed by atoms with E-state index >= 15 is 0 Å². The maximum Gasteiger partial charge on any atom is 0.387 e. The van der Waals surface area contributed by atoms with Crippen molar-refractivity contribution in [2.24, 2.45) is 0 Å². The Hall–Kier alpha value is -1.69. The number of nitrogens with one attached hydrogen (secondary N) is 1. The Balaban J connectivity index is 2.92. The van der Waals surface area contributed by atoms with E-state index in [1.807, 2.05) is 0 Å². The zero-order valence-corrected chi connectivity index (χ0v) is 11.9. The van der Waals surface area contributed by atoms with E-state index in [0.29, 0.717) is 5.56 Å². The summed E-state index contributed by atoms with van der Waals surface area (Å²) in [6, 6.07) is 6.10. The lowest BCUT2D eigenvalue weighted by Gasteiger charge is -2.28. The SMILES string of the molecule is COC(=O)C(C)(C)NC(C)c1ccccc1OC(F)F. The summed E-state index contributed by atoms with van der Waals surface area (Å²) < 4.78 is 33.9. The molecule has 1 aromatic carbocycles. The molecule has 1 unspecified atom stereocenters. The minimum atomic E-state index is -2.89. The van der Waals surface area contributed by atoms with Gasteiger partial charge in [-0.3, -0.25) is 10.1 Å². The van der Waals surface area contributed by atoms with E-state index in [2.05, 4.69) is 10.1 Å². The van der Waals surface area contributed by atoms with Crippen molar-refractivity contribution in [1.82, 2.24) is 5.32 Å². The molecule has 6 heteroatoms. The van der Waals surface area contributed by atoms with E-state index in [1.165, 1.54) is 13.2 Å². The second kappa shape index (κ2) is 6.65. The molecule has 0 bridgehead atoms. The van der Waals surface area contributed by atoms with E-state index in [-0.39, 0.29) is 11.8 Å². The summed E-state index contributed by atoms with van der Waals surface area (Å²) in [5, 5.41) is 3.04. The van der Waals surface area contributed by atoms with Crippen LogP contribution in [0.4, 0.5) is 8.78 Å². The summed E-state index contributed by atoms with van der Waals surface area (Å²) in [6.07, 6.45) is 0. The molecule has 1 aromatic rings. The van der Waals surface area contributed by atoms with E-state index in [0.717, 1.165) is 0 Å². The predicted octanol–water partition coefficient (Wildman–Crippen LogP) is 2.89. The van der Waals surface area contributed by atoms with Gasteiger partial charge in [0.1, 0.15) is 11.3 Å². The summed E-state index contributed by atoms with van der Waals surface area (Å²) in [5.41, 5.74) is -0.392. The fourth-order valence-corrected chi connectivity index (χ4v) is 1.97. The Kier molecular flexibility index (Phi) is 5.44. The molecule has 0 amide bonds. The number of halogens is 2. The molecule has 1 N–H and O–H groups in total. The predicted molar refractivity (Wildman–Crippen MR) is 70.7 cm³/mol. The highest BCUT2D eigenvalue weighted by molar-refractivity contribution is 5.79. The molecule has 0 fully saturated rings. The third-order valence-corrected chi connectivity index (χ3v) is 2.87. The first kappa shape index (κ1) is 16.4. The molecule has 0 radical (unpaired) electrons. The molecule has 0 heterocycles. The molecule has 1 rings (SSSR count). The van der Waals surface area contributed by atoms with E-state index in [4.69, 9.17) is 4.74 Å². The van der Waals surface area contributed by atoms with Gasteiger partial charge in [-0.15, -0.1) is 0 Å². The minimum Gasteiger partial charge on any atom is -0.468 e. The van der Waals surface area contributed by atoms with Crippen LogP contribution in [0.5, 0.6) is 5.75 Å². The molecule has 20 heavy (non-hydrogen) atoms. The van der Waals surface area contributed by atoms with Crippen molar-refractivity contribution in [2.75, 3.05) is 7.11 Å². The van der Waals surface area contributed by atoms with Crippen molar-refractivity contribution in [3.05, 3.63) is 29.8 Å². The molecule has 0 aliphatic carbocycles. The molecular weight excluding hydrogens is 268 g/mol. The maximum atomic E-state index is 12.4. The first-order valence-corrected chi connectivity index (χ1v) is 6.17. The Morgan fingerprint density at radius 2 is 1.90 bits per heavy atom. The van der Waals surface area contributed by atoms with Crippen LogP contribution in [0, 0.1) is 0 Å². The van der Waals surface area contributed by atoms with Gasteiger partial charge in [0.05, 0.1) is 7.11 Å². The molecule has 112 valence electrons. The lowest BCUT2D eigenvalue weighted by atomic mass is 10.0. The summed E-state index contributed by atoms with van der Waals surface area (Å²) in [5.74, 6) is -0.347. The average molecular weight is 287 g/mol. The van der Waals surface area contributed by atoms with Gasteiger partial charge in [0.2, 0.25) is 0 Å². The van der Waals surface area contributed by atoms with Gasteiger partial charge in [-0.1, -0.05) is 18.2 Å². The number of benzene rings is 1. The normalized spacial score (nSPS) is 13.2. The number of methoxy groups -OCH3 is 1. The summed E-state index contributed by atoms with van der Waals surface area (Å²) >= 11 is 0. The topological polar surface area (TPSA) is 47.6 Å². The lowest BCUT2D eigenvalue weighted by Crippen LogP contribution is -2.48. The van der Waals surface area contributed by atoms with Crippen LogP contribution in [0.1, 0.15) is 32.4 Å². The molecule has 0 saturated heterocycles. The number of ether oxygens (including phenoxy) is 2. The number of alkyl halides is 2. The van der Waals surface area contributed by atoms with Crippen molar-refractivity contribution >= 4 is 5.97 Å². The van der Waals surface area contributed by atoms with Crippen LogP contribution < -0.4 is 10.1 Å². The number of rotatable bonds is 6. The lowest BCUT2D eigenvalue weighted by molar-refractivity contribution is -0.147. The van der Waals surface area contributed by atoms with Gasteiger partial charge >= 0.3 is 12.6 Å². The number of carbonyl (C=O) groups excluding carboxylic acids is 1. The van der Waals surface area contributed by atoms with E-state index in [1.54, 1.807) is 39.0 Å². The number of esters is 1. The Morgan fingerprint density at radius 3 is 2.45 bits per heavy atom. The molecule has 1 atom stereocenters. The van der Waals surface area contributed by atoms with Crippen molar-refractivity contribution in [1.29, 1.82) is 0 Å². The number of hydrogen-bond acceptors (Lipinski definition) is 4. The Morgan fingerprint density at radius 1 is 1.30 bits per heavy atom. The highest BCUT2D eigenvalue weighted by Crippen LogP contribution is 2.27. The quantitative estimate of drug-likeness (QED) is 0.817. The maximum absolute atomic E-state index is 12.4. The van der Waals surface area contributed by atoms with Gasteiger partial charge in [-0.2, -0.15) is 8.78 Å². The molecule has 0 saturated carbocycles. The van der Waals surface area contributed by atoms with Gasteiger partial charge in [-0.05, 0) is 26.8 Å². The fraction of sp³-hybridized carbons (Fsp3) is 0.500. The second-order valence-electron chi connectivity index (χ2n) is 4.90. The zero-order chi connectivity index (χ0) is 15.3. The largest absolute Gasteiger partial charge is 0.468 e. The van der Waals surface area contributed by atoms with E-state index < -0.39 is 18.1 Å². The summed E-state index contributed by atoms with van der Waals surface area (Å²) in [7, 11) is 1.30. The van der Waals surface area contributed by atoms with Crippen molar-refractivity contribution in [2.45, 2.75) is 39.0 Å². The van der Waals surface area contributed by atoms with Crippen molar-refractivity contribution < 1.29 is 23.0 Å². The standard InChI is InChI=1S/C14H19F2NO3/c1-9(17-14(2,3)12(18)19-4)10-7-5-6-8-11(10)20-13(15)16/h5-9,13,17H,1-4H3. The van der Waals surface area contributed by atoms with Crippen molar-refractivity contribution in [3.63, 3.8) is 0 Å². The highest BCUT2D eigenvalue weighted by atomic mass is 19.3. The summed E-state index contributed by atoms with van der Waals surface area (Å²) in [4.78, 5) is 11.6. The Bertz CT molecular complexity index is 463. The monoisotopic (exact) mass is 287 g/mol. The zero-order valence-electron chi connectivity index (χ0n) is 11.9. The fourth-order valence-electron chi connectivity index (χ4n) is 1.97. The van der Waals surface area contributed by atoms with Crippen LogP contribution >= 0.6 is 0 Å². The highest BCUT2D eigenvalue weighted by Gasteiger charge is 2.31. The van der Waals surface area contributed by atoms with Gasteiger partial charge < -0.3 is 9.47 Å². The second-order valence-corrected chi connectivity index (χ2v) is 4.90. The molecular formula is C14H19F2NO3.